The number of primary amides is 1. The van der Waals surface area contributed by atoms with Gasteiger partial charge in [0.15, 0.2) is 0 Å². The fourth-order valence-electron chi connectivity index (χ4n) is 2.19. The zero-order valence-corrected chi connectivity index (χ0v) is 16.1. The molecular weight excluding hydrogens is 388 g/mol. The number of aliphatic hydroxyl groups excluding tert-OH is 1. The Bertz CT molecular complexity index is 586. The number of carbonyl (C=O) groups is 5. The van der Waals surface area contributed by atoms with Crippen molar-refractivity contribution in [3.63, 3.8) is 0 Å². The number of amides is 4. The van der Waals surface area contributed by atoms with Crippen molar-refractivity contribution in [1.82, 2.24) is 16.0 Å². The Morgan fingerprint density at radius 1 is 0.931 bits per heavy atom. The molecule has 166 valence electrons. The van der Waals surface area contributed by atoms with E-state index in [2.05, 4.69) is 16.0 Å². The van der Waals surface area contributed by atoms with Gasteiger partial charge < -0.3 is 43.4 Å². The number of unbranched alkanes of at least 4 members (excludes halogenated alkanes) is 1. The summed E-state index contributed by atoms with van der Waals surface area (Å²) in [4.78, 5) is 57.8. The third-order valence-electron chi connectivity index (χ3n) is 3.86. The van der Waals surface area contributed by atoms with E-state index in [-0.39, 0.29) is 19.3 Å². The van der Waals surface area contributed by atoms with Gasteiger partial charge in [-0.1, -0.05) is 0 Å². The molecule has 0 radical (unpaired) electrons. The number of rotatable bonds is 15. The molecule has 4 amide bonds. The molecular formula is C16H30N6O7. The molecule has 0 aromatic carbocycles. The van der Waals surface area contributed by atoms with E-state index in [1.54, 1.807) is 0 Å². The third kappa shape index (κ3) is 11.6. The Labute approximate surface area is 167 Å². The Morgan fingerprint density at radius 2 is 1.59 bits per heavy atom. The van der Waals surface area contributed by atoms with E-state index < -0.39 is 60.9 Å². The molecule has 0 aromatic rings. The lowest BCUT2D eigenvalue weighted by Crippen LogP contribution is -2.54. The predicted molar refractivity (Wildman–Crippen MR) is 101 cm³/mol. The first-order valence-corrected chi connectivity index (χ1v) is 9.07. The van der Waals surface area contributed by atoms with Crippen molar-refractivity contribution in [3.05, 3.63) is 0 Å². The van der Waals surface area contributed by atoms with Crippen LogP contribution < -0.4 is 33.2 Å². The zero-order valence-electron chi connectivity index (χ0n) is 16.1. The molecule has 0 aliphatic carbocycles. The highest BCUT2D eigenvalue weighted by Crippen LogP contribution is 2.02. The molecule has 3 atom stereocenters. The standard InChI is InChI=1S/C16H30N6O7/c17-6-2-1-3-10(15(27)22-11(8-23)16(28)29)21-13(25)7-20-14(26)9(18)4-5-12(19)24/h9-11,23H,1-8,17-18H2,(H2,19,24)(H,20,26)(H,21,25)(H,22,27)(H,28,29). The third-order valence-corrected chi connectivity index (χ3v) is 3.86. The number of nitrogens with one attached hydrogen (secondary N) is 3. The second-order valence-electron chi connectivity index (χ2n) is 6.32. The van der Waals surface area contributed by atoms with Gasteiger partial charge in [0.25, 0.3) is 0 Å². The molecule has 0 bridgehead atoms. The number of carboxylic acid groups (broad SMARTS) is 1. The first kappa shape index (κ1) is 26.2. The van der Waals surface area contributed by atoms with Crippen molar-refractivity contribution >= 4 is 29.6 Å². The van der Waals surface area contributed by atoms with Gasteiger partial charge >= 0.3 is 5.97 Å². The number of hydrogen-bond acceptors (Lipinski definition) is 8. The van der Waals surface area contributed by atoms with Gasteiger partial charge in [0, 0.05) is 6.42 Å². The maximum atomic E-state index is 12.3. The van der Waals surface area contributed by atoms with Crippen molar-refractivity contribution < 1.29 is 34.2 Å². The fourth-order valence-corrected chi connectivity index (χ4v) is 2.19. The first-order valence-electron chi connectivity index (χ1n) is 9.07. The Hall–Kier alpha value is -2.77. The summed E-state index contributed by atoms with van der Waals surface area (Å²) in [6.07, 6.45) is 1.17. The van der Waals surface area contributed by atoms with E-state index in [4.69, 9.17) is 27.4 Å². The highest BCUT2D eigenvalue weighted by molar-refractivity contribution is 5.92. The average Bonchev–Trinajstić information content (AvgIpc) is 2.66. The molecule has 0 rings (SSSR count). The summed E-state index contributed by atoms with van der Waals surface area (Å²) < 4.78 is 0. The lowest BCUT2D eigenvalue weighted by molar-refractivity contribution is -0.143. The summed E-state index contributed by atoms with van der Waals surface area (Å²) in [6.45, 7) is -0.925. The lowest BCUT2D eigenvalue weighted by atomic mass is 10.1. The average molecular weight is 418 g/mol. The van der Waals surface area contributed by atoms with E-state index in [0.717, 1.165) is 0 Å². The van der Waals surface area contributed by atoms with Crippen LogP contribution in [0.3, 0.4) is 0 Å². The van der Waals surface area contributed by atoms with Gasteiger partial charge in [-0.25, -0.2) is 4.79 Å². The number of aliphatic hydroxyl groups is 1. The summed E-state index contributed by atoms with van der Waals surface area (Å²) in [5.74, 6) is -4.20. The van der Waals surface area contributed by atoms with E-state index in [1.807, 2.05) is 0 Å². The van der Waals surface area contributed by atoms with Gasteiger partial charge in [-0.3, -0.25) is 19.2 Å². The van der Waals surface area contributed by atoms with Gasteiger partial charge in [0.2, 0.25) is 23.6 Å². The summed E-state index contributed by atoms with van der Waals surface area (Å²) >= 11 is 0. The van der Waals surface area contributed by atoms with Crippen LogP contribution in [0.5, 0.6) is 0 Å². The molecule has 13 nitrogen and oxygen atoms in total. The molecule has 0 aromatic heterocycles. The van der Waals surface area contributed by atoms with Crippen molar-refractivity contribution in [2.45, 2.75) is 50.2 Å². The van der Waals surface area contributed by atoms with Crippen LogP contribution >= 0.6 is 0 Å². The quantitative estimate of drug-likeness (QED) is 0.120. The molecule has 0 fully saturated rings. The highest BCUT2D eigenvalue weighted by Gasteiger charge is 2.26. The first-order chi connectivity index (χ1) is 13.6. The summed E-state index contributed by atoms with van der Waals surface area (Å²) in [7, 11) is 0. The van der Waals surface area contributed by atoms with E-state index >= 15 is 0 Å². The summed E-state index contributed by atoms with van der Waals surface area (Å²) in [6, 6.07) is -3.62. The summed E-state index contributed by atoms with van der Waals surface area (Å²) in [5, 5.41) is 24.7. The second kappa shape index (κ2) is 14.3. The monoisotopic (exact) mass is 418 g/mol. The van der Waals surface area contributed by atoms with Gasteiger partial charge in [-0.05, 0) is 32.2 Å². The summed E-state index contributed by atoms with van der Waals surface area (Å²) in [5.41, 5.74) is 15.9. The van der Waals surface area contributed by atoms with Crippen molar-refractivity contribution in [3.8, 4) is 0 Å². The number of hydrogen-bond donors (Lipinski definition) is 8. The van der Waals surface area contributed by atoms with Crippen LogP contribution in [-0.2, 0) is 24.0 Å². The Kier molecular flexibility index (Phi) is 12.9. The Morgan fingerprint density at radius 3 is 2.10 bits per heavy atom. The number of carboxylic acids is 1. The molecule has 0 saturated heterocycles. The molecule has 13 heteroatoms. The smallest absolute Gasteiger partial charge is 0.328 e. The van der Waals surface area contributed by atoms with Gasteiger partial charge in [-0.2, -0.15) is 0 Å². The molecule has 0 spiro atoms. The largest absolute Gasteiger partial charge is 0.480 e. The van der Waals surface area contributed by atoms with Crippen LogP contribution in [0.4, 0.5) is 0 Å². The van der Waals surface area contributed by atoms with E-state index in [0.29, 0.717) is 19.4 Å². The van der Waals surface area contributed by atoms with Gasteiger partial charge in [-0.15, -0.1) is 0 Å². The molecule has 3 unspecified atom stereocenters. The molecule has 0 heterocycles. The minimum absolute atomic E-state index is 0.0185. The maximum Gasteiger partial charge on any atom is 0.328 e. The SMILES string of the molecule is NCCCCC(NC(=O)CNC(=O)C(N)CCC(N)=O)C(=O)NC(CO)C(=O)O. The van der Waals surface area contributed by atoms with Gasteiger partial charge in [0.05, 0.1) is 19.2 Å². The van der Waals surface area contributed by atoms with Crippen LogP contribution in [-0.4, -0.2) is 77.6 Å². The molecule has 0 aliphatic rings. The van der Waals surface area contributed by atoms with E-state index in [9.17, 15) is 24.0 Å². The fraction of sp³-hybridized carbons (Fsp3) is 0.688. The Balaban J connectivity index is 4.73. The minimum atomic E-state index is -1.51. The van der Waals surface area contributed by atoms with Crippen molar-refractivity contribution in [1.29, 1.82) is 0 Å². The topological polar surface area (TPSA) is 240 Å². The highest BCUT2D eigenvalue weighted by atomic mass is 16.4. The van der Waals surface area contributed by atoms with Crippen LogP contribution in [0.1, 0.15) is 32.1 Å². The normalized spacial score (nSPS) is 13.6. The lowest BCUT2D eigenvalue weighted by Gasteiger charge is -2.21. The van der Waals surface area contributed by atoms with Crippen LogP contribution in [0.2, 0.25) is 0 Å². The maximum absolute atomic E-state index is 12.3. The second-order valence-corrected chi connectivity index (χ2v) is 6.32. The molecule has 29 heavy (non-hydrogen) atoms. The molecule has 0 saturated carbocycles. The minimum Gasteiger partial charge on any atom is -0.480 e. The number of carbonyl (C=O) groups excluding carboxylic acids is 4. The predicted octanol–water partition coefficient (Wildman–Crippen LogP) is -4.13. The zero-order chi connectivity index (χ0) is 22.4. The van der Waals surface area contributed by atoms with Gasteiger partial charge in [0.1, 0.15) is 12.1 Å². The molecule has 11 N–H and O–H groups in total. The van der Waals surface area contributed by atoms with Crippen molar-refractivity contribution in [2.75, 3.05) is 19.7 Å². The van der Waals surface area contributed by atoms with Crippen LogP contribution in [0.15, 0.2) is 0 Å². The number of nitrogens with two attached hydrogens (primary N) is 3. The van der Waals surface area contributed by atoms with Crippen molar-refractivity contribution in [2.24, 2.45) is 17.2 Å². The molecule has 0 aliphatic heterocycles. The number of aliphatic carboxylic acids is 1. The van der Waals surface area contributed by atoms with E-state index in [1.165, 1.54) is 0 Å². The van der Waals surface area contributed by atoms with Crippen LogP contribution in [0, 0.1) is 0 Å². The van der Waals surface area contributed by atoms with Crippen LogP contribution in [0.25, 0.3) is 0 Å².